The molecule has 2 aromatic carbocycles. The average Bonchev–Trinajstić information content (AvgIpc) is 3.58. The Bertz CT molecular complexity index is 2050. The highest BCUT2D eigenvalue weighted by Gasteiger charge is 2.54. The van der Waals surface area contributed by atoms with Crippen molar-refractivity contribution in [3.05, 3.63) is 47.7 Å². The summed E-state index contributed by atoms with van der Waals surface area (Å²) in [5.41, 5.74) is -0.114. The molecule has 4 aliphatic heterocycles. The van der Waals surface area contributed by atoms with E-state index < -0.39 is 37.9 Å². The Morgan fingerprint density at radius 2 is 1.94 bits per heavy atom. The summed E-state index contributed by atoms with van der Waals surface area (Å²) in [5.74, 6) is -0.909. The molecule has 13 heteroatoms. The lowest BCUT2D eigenvalue weighted by atomic mass is 9.93. The van der Waals surface area contributed by atoms with Gasteiger partial charge in [-0.15, -0.1) is 0 Å². The number of rotatable bonds is 6. The van der Waals surface area contributed by atoms with Crippen molar-refractivity contribution in [3.63, 3.8) is 0 Å². The number of nitrogens with zero attached hydrogens (tertiary/aromatic N) is 5. The third-order valence-corrected chi connectivity index (χ3v) is 13.6. The Morgan fingerprint density at radius 3 is 2.70 bits per heavy atom. The number of aromatic nitrogens is 3. The van der Waals surface area contributed by atoms with Crippen molar-refractivity contribution in [3.8, 4) is 23.0 Å². The molecule has 0 saturated carbocycles. The number of hydrogen-bond acceptors (Lipinski definition) is 9. The maximum absolute atomic E-state index is 16.9. The SMILES string of the molecule is CCc1c(F)ccc2cc(O)cc(-c3ncc4c(N5CCCC6(CCS6(=O)=O)C5)nc(OC[C@@]56CCCN5C[C@H](F)C6)nc4c3F)c12. The van der Waals surface area contributed by atoms with Crippen molar-refractivity contribution in [1.29, 1.82) is 0 Å². The van der Waals surface area contributed by atoms with Gasteiger partial charge in [0.2, 0.25) is 0 Å². The highest BCUT2D eigenvalue weighted by Crippen LogP contribution is 2.45. The predicted octanol–water partition coefficient (Wildman–Crippen LogP) is 5.50. The fourth-order valence-corrected chi connectivity index (χ4v) is 10.4. The molecule has 6 heterocycles. The van der Waals surface area contributed by atoms with Gasteiger partial charge in [-0.25, -0.2) is 21.6 Å². The molecule has 0 bridgehead atoms. The monoisotopic (exact) mass is 667 g/mol. The Morgan fingerprint density at radius 1 is 1.11 bits per heavy atom. The van der Waals surface area contributed by atoms with Crippen LogP contribution in [-0.2, 0) is 16.3 Å². The van der Waals surface area contributed by atoms with Crippen LogP contribution in [0.5, 0.6) is 11.8 Å². The zero-order valence-corrected chi connectivity index (χ0v) is 26.9. The zero-order chi connectivity index (χ0) is 32.7. The van der Waals surface area contributed by atoms with Gasteiger partial charge in [0.05, 0.1) is 21.4 Å². The van der Waals surface area contributed by atoms with E-state index in [0.29, 0.717) is 67.3 Å². The van der Waals surface area contributed by atoms with E-state index in [0.717, 1.165) is 19.4 Å². The number of halogens is 3. The van der Waals surface area contributed by atoms with Gasteiger partial charge in [0.25, 0.3) is 0 Å². The number of pyridine rings is 1. The number of fused-ring (bicyclic) bond motifs is 3. The van der Waals surface area contributed by atoms with Gasteiger partial charge in [-0.05, 0) is 79.6 Å². The lowest BCUT2D eigenvalue weighted by Crippen LogP contribution is -2.60. The third-order valence-electron chi connectivity index (χ3n) is 11.0. The number of aryl methyl sites for hydroxylation is 1. The van der Waals surface area contributed by atoms with E-state index in [1.165, 1.54) is 30.5 Å². The van der Waals surface area contributed by atoms with Crippen molar-refractivity contribution in [2.45, 2.75) is 68.3 Å². The van der Waals surface area contributed by atoms with Crippen LogP contribution in [0.4, 0.5) is 19.0 Å². The molecular weight excluding hydrogens is 631 g/mol. The molecule has 3 atom stereocenters. The number of hydrogen-bond donors (Lipinski definition) is 1. The van der Waals surface area contributed by atoms with Crippen molar-refractivity contribution in [2.24, 2.45) is 0 Å². The number of phenolic OH excluding ortho intramolecular Hbond substituents is 1. The molecule has 0 radical (unpaired) electrons. The molecule has 9 nitrogen and oxygen atoms in total. The minimum absolute atomic E-state index is 0.0902. The molecule has 4 aliphatic rings. The average molecular weight is 668 g/mol. The molecule has 4 aromatic rings. The number of anilines is 1. The van der Waals surface area contributed by atoms with Crippen LogP contribution in [0.3, 0.4) is 0 Å². The summed E-state index contributed by atoms with van der Waals surface area (Å²) in [7, 11) is -3.27. The smallest absolute Gasteiger partial charge is 0.319 e. The summed E-state index contributed by atoms with van der Waals surface area (Å²) in [6.07, 6.45) is 4.58. The first-order valence-corrected chi connectivity index (χ1v) is 18.0. The van der Waals surface area contributed by atoms with E-state index in [-0.39, 0.29) is 52.8 Å². The number of aromatic hydroxyl groups is 1. The molecule has 0 amide bonds. The van der Waals surface area contributed by atoms with E-state index >= 15 is 4.39 Å². The van der Waals surface area contributed by atoms with Crippen LogP contribution in [-0.4, -0.2) is 88.4 Å². The summed E-state index contributed by atoms with van der Waals surface area (Å²) in [6, 6.07) is 5.64. The fourth-order valence-electron chi connectivity index (χ4n) is 8.49. The van der Waals surface area contributed by atoms with Crippen LogP contribution in [0.25, 0.3) is 32.9 Å². The minimum atomic E-state index is -3.27. The molecule has 1 N–H and O–H groups in total. The quantitative estimate of drug-likeness (QED) is 0.285. The molecule has 0 aliphatic carbocycles. The van der Waals surface area contributed by atoms with Crippen LogP contribution in [0.1, 0.15) is 51.0 Å². The molecule has 248 valence electrons. The first-order valence-electron chi connectivity index (χ1n) is 16.3. The topological polar surface area (TPSA) is 109 Å². The van der Waals surface area contributed by atoms with E-state index in [9.17, 15) is 22.3 Å². The number of ether oxygens (including phenoxy) is 1. The summed E-state index contributed by atoms with van der Waals surface area (Å²) in [5, 5.41) is 11.8. The van der Waals surface area contributed by atoms with Crippen molar-refractivity contribution < 1.29 is 31.4 Å². The van der Waals surface area contributed by atoms with Crippen LogP contribution in [0.15, 0.2) is 30.5 Å². The second-order valence-corrected chi connectivity index (χ2v) is 16.1. The summed E-state index contributed by atoms with van der Waals surface area (Å²) < 4.78 is 77.5. The van der Waals surface area contributed by atoms with Crippen LogP contribution in [0.2, 0.25) is 0 Å². The predicted molar refractivity (Wildman–Crippen MR) is 172 cm³/mol. The van der Waals surface area contributed by atoms with Gasteiger partial charge < -0.3 is 14.7 Å². The van der Waals surface area contributed by atoms with Gasteiger partial charge in [0.15, 0.2) is 15.7 Å². The molecule has 4 saturated heterocycles. The number of benzene rings is 2. The lowest BCUT2D eigenvalue weighted by molar-refractivity contribution is 0.107. The summed E-state index contributed by atoms with van der Waals surface area (Å²) in [4.78, 5) is 17.7. The molecule has 47 heavy (non-hydrogen) atoms. The van der Waals surface area contributed by atoms with Gasteiger partial charge >= 0.3 is 6.01 Å². The third kappa shape index (κ3) is 4.74. The second-order valence-electron chi connectivity index (χ2n) is 13.6. The van der Waals surface area contributed by atoms with E-state index in [1.54, 1.807) is 6.92 Å². The van der Waals surface area contributed by atoms with E-state index in [4.69, 9.17) is 9.72 Å². The van der Waals surface area contributed by atoms with Gasteiger partial charge in [-0.3, -0.25) is 9.88 Å². The fraction of sp³-hybridized carbons (Fsp3) is 0.500. The van der Waals surface area contributed by atoms with Gasteiger partial charge in [-0.2, -0.15) is 9.97 Å². The lowest BCUT2D eigenvalue weighted by Gasteiger charge is -2.48. The Kier molecular flexibility index (Phi) is 7.11. The Labute approximate surface area is 270 Å². The molecule has 1 unspecified atom stereocenters. The normalized spacial score (nSPS) is 27.1. The highest BCUT2D eigenvalue weighted by molar-refractivity contribution is 7.94. The Hall–Kier alpha value is -3.71. The van der Waals surface area contributed by atoms with Crippen LogP contribution >= 0.6 is 0 Å². The van der Waals surface area contributed by atoms with Crippen molar-refractivity contribution >= 4 is 37.3 Å². The number of phenols is 1. The van der Waals surface area contributed by atoms with Crippen molar-refractivity contribution in [2.75, 3.05) is 43.4 Å². The molecule has 4 fully saturated rings. The van der Waals surface area contributed by atoms with Gasteiger partial charge in [0, 0.05) is 37.8 Å². The highest BCUT2D eigenvalue weighted by atomic mass is 32.2. The zero-order valence-electron chi connectivity index (χ0n) is 26.1. The van der Waals surface area contributed by atoms with E-state index in [1.807, 2.05) is 4.90 Å². The minimum Gasteiger partial charge on any atom is -0.508 e. The number of alkyl halides is 1. The van der Waals surface area contributed by atoms with Crippen LogP contribution < -0.4 is 9.64 Å². The number of piperidine rings is 1. The molecular formula is C34H36F3N5O4S. The summed E-state index contributed by atoms with van der Waals surface area (Å²) >= 11 is 0. The standard InChI is InChI=1S/C34H36F3N5O4S/c1-2-23-26(36)6-5-20-13-22(43)14-24(27(20)23)29-28(37)30-25(16-38-29)31(41-10-4-8-34(18-41)9-12-47(34,44)45)40-32(39-30)46-19-33-7-3-11-42(33)17-21(35)15-33/h5-6,13-14,16,21,43H,2-4,7-12,15,17-19H2,1H3/t21-,33+,34?/m1/s1. The molecule has 8 rings (SSSR count). The van der Waals surface area contributed by atoms with E-state index in [2.05, 4.69) is 14.9 Å². The number of sulfone groups is 1. The maximum Gasteiger partial charge on any atom is 0.319 e. The summed E-state index contributed by atoms with van der Waals surface area (Å²) in [6.45, 7) is 3.77. The largest absolute Gasteiger partial charge is 0.508 e. The van der Waals surface area contributed by atoms with Gasteiger partial charge in [-0.1, -0.05) is 13.0 Å². The second kappa shape index (κ2) is 10.9. The first kappa shape index (κ1) is 30.6. The molecule has 2 aromatic heterocycles. The molecule has 1 spiro atoms. The Balaban J connectivity index is 1.28. The maximum atomic E-state index is 16.9. The van der Waals surface area contributed by atoms with Crippen molar-refractivity contribution in [1.82, 2.24) is 19.9 Å². The van der Waals surface area contributed by atoms with Gasteiger partial charge in [0.1, 0.15) is 41.4 Å². The first-order chi connectivity index (χ1) is 22.5. The van der Waals surface area contributed by atoms with Crippen LogP contribution in [0, 0.1) is 11.6 Å².